The first kappa shape index (κ1) is 25.5. The van der Waals surface area contributed by atoms with E-state index in [4.69, 9.17) is 0 Å². The van der Waals surface area contributed by atoms with Crippen molar-refractivity contribution in [1.29, 1.82) is 0 Å². The molecule has 0 saturated carbocycles. The maximum absolute atomic E-state index is 13.2. The Bertz CT molecular complexity index is 1190. The number of rotatable bonds is 6. The Hall–Kier alpha value is -2.56. The number of piperidine rings is 2. The molecule has 0 radical (unpaired) electrons. The van der Waals surface area contributed by atoms with Crippen molar-refractivity contribution >= 4 is 44.6 Å². The molecular formula is C25H31N3O5S2. The Morgan fingerprint density at radius 1 is 0.943 bits per heavy atom. The van der Waals surface area contributed by atoms with Crippen LogP contribution < -0.4 is 5.32 Å². The molecule has 2 saturated heterocycles. The normalized spacial score (nSPS) is 18.4. The number of Topliss-reactive ketones (excluding diaryl/α,β-unsaturated/α-hetero) is 1. The Labute approximate surface area is 210 Å². The van der Waals surface area contributed by atoms with Crippen LogP contribution in [0, 0.1) is 11.8 Å². The molecule has 188 valence electrons. The summed E-state index contributed by atoms with van der Waals surface area (Å²) in [7, 11) is -3.72. The molecule has 2 aliphatic rings. The second-order valence-corrected chi connectivity index (χ2v) is 12.5. The van der Waals surface area contributed by atoms with E-state index in [0.29, 0.717) is 48.7 Å². The second-order valence-electron chi connectivity index (χ2n) is 9.43. The molecule has 4 rings (SSSR count). The number of nitrogens with one attached hydrogen (secondary N) is 1. The molecule has 0 aliphatic carbocycles. The largest absolute Gasteiger partial charge is 0.339 e. The summed E-state index contributed by atoms with van der Waals surface area (Å²) in [5, 5.41) is 4.48. The molecule has 0 bridgehead atoms. The maximum atomic E-state index is 13.2. The molecule has 0 spiro atoms. The van der Waals surface area contributed by atoms with Crippen LogP contribution >= 0.6 is 11.3 Å². The molecule has 0 unspecified atom stereocenters. The van der Waals surface area contributed by atoms with Gasteiger partial charge in [0.25, 0.3) is 15.9 Å². The Morgan fingerprint density at radius 3 is 2.17 bits per heavy atom. The SMILES string of the molecule is CC(=O)c1ccc(NC(=O)C2CCN(S(=O)(=O)c3cc(C(=O)N4CCC(C)CC4)cs3)CC2)cc1. The monoisotopic (exact) mass is 517 g/mol. The van der Waals surface area contributed by atoms with Crippen LogP contribution in [0.2, 0.25) is 0 Å². The minimum atomic E-state index is -3.72. The molecule has 2 aliphatic heterocycles. The van der Waals surface area contributed by atoms with Gasteiger partial charge in [0.2, 0.25) is 5.91 Å². The fraction of sp³-hybridized carbons (Fsp3) is 0.480. The van der Waals surface area contributed by atoms with Crippen LogP contribution in [0.3, 0.4) is 0 Å². The van der Waals surface area contributed by atoms with E-state index in [1.165, 1.54) is 17.3 Å². The number of ketones is 1. The molecule has 8 nitrogen and oxygen atoms in total. The second kappa shape index (κ2) is 10.6. The lowest BCUT2D eigenvalue weighted by Crippen LogP contribution is -2.41. The fourth-order valence-electron chi connectivity index (χ4n) is 4.48. The van der Waals surface area contributed by atoms with Crippen LogP contribution in [0.4, 0.5) is 5.69 Å². The summed E-state index contributed by atoms with van der Waals surface area (Å²) in [4.78, 5) is 38.7. The average Bonchev–Trinajstić information content (AvgIpc) is 3.36. The van der Waals surface area contributed by atoms with Crippen molar-refractivity contribution < 1.29 is 22.8 Å². The third-order valence-corrected chi connectivity index (χ3v) is 10.2. The first-order valence-corrected chi connectivity index (χ1v) is 14.3. The first-order chi connectivity index (χ1) is 16.6. The molecule has 2 aromatic rings. The van der Waals surface area contributed by atoms with Gasteiger partial charge in [0, 0.05) is 48.7 Å². The highest BCUT2D eigenvalue weighted by atomic mass is 32.2. The van der Waals surface area contributed by atoms with Crippen LogP contribution in [0.5, 0.6) is 0 Å². The van der Waals surface area contributed by atoms with Crippen LogP contribution in [-0.2, 0) is 14.8 Å². The van der Waals surface area contributed by atoms with Crippen molar-refractivity contribution in [3.05, 3.63) is 46.8 Å². The van der Waals surface area contributed by atoms with Crippen molar-refractivity contribution in [2.24, 2.45) is 11.8 Å². The smallest absolute Gasteiger partial charge is 0.254 e. The number of hydrogen-bond donors (Lipinski definition) is 1. The minimum Gasteiger partial charge on any atom is -0.339 e. The van der Waals surface area contributed by atoms with E-state index >= 15 is 0 Å². The van der Waals surface area contributed by atoms with Gasteiger partial charge in [-0.25, -0.2) is 8.42 Å². The van der Waals surface area contributed by atoms with Gasteiger partial charge in [0.15, 0.2) is 5.78 Å². The van der Waals surface area contributed by atoms with Crippen molar-refractivity contribution in [3.63, 3.8) is 0 Å². The lowest BCUT2D eigenvalue weighted by atomic mass is 9.97. The van der Waals surface area contributed by atoms with Gasteiger partial charge >= 0.3 is 0 Å². The summed E-state index contributed by atoms with van der Waals surface area (Å²) in [6, 6.07) is 8.20. The summed E-state index contributed by atoms with van der Waals surface area (Å²) in [6.07, 6.45) is 2.76. The van der Waals surface area contributed by atoms with E-state index in [0.717, 1.165) is 24.2 Å². The zero-order chi connectivity index (χ0) is 25.2. The number of carbonyl (C=O) groups excluding carboxylic acids is 3. The Balaban J connectivity index is 1.33. The highest BCUT2D eigenvalue weighted by Gasteiger charge is 2.34. The molecular weight excluding hydrogens is 486 g/mol. The predicted molar refractivity (Wildman–Crippen MR) is 135 cm³/mol. The summed E-state index contributed by atoms with van der Waals surface area (Å²) in [5.74, 6) is 0.00395. The molecule has 35 heavy (non-hydrogen) atoms. The number of sulfonamides is 1. The molecule has 2 amide bonds. The van der Waals surface area contributed by atoms with Crippen LogP contribution in [0.15, 0.2) is 39.9 Å². The van der Waals surface area contributed by atoms with E-state index in [1.807, 2.05) is 0 Å². The minimum absolute atomic E-state index is 0.0418. The number of hydrogen-bond acceptors (Lipinski definition) is 6. The predicted octanol–water partition coefficient (Wildman–Crippen LogP) is 3.86. The lowest BCUT2D eigenvalue weighted by molar-refractivity contribution is -0.120. The summed E-state index contributed by atoms with van der Waals surface area (Å²) >= 11 is 1.07. The standard InChI is InChI=1S/C25H31N3O5S2/c1-17-7-11-27(12-8-17)25(31)21-15-23(34-16-21)35(32,33)28-13-9-20(10-14-28)24(30)26-22-5-3-19(4-6-22)18(2)29/h3-6,15-17,20H,7-14H2,1-2H3,(H,26,30). The Kier molecular flexibility index (Phi) is 7.73. The molecule has 1 aromatic carbocycles. The first-order valence-electron chi connectivity index (χ1n) is 11.9. The van der Waals surface area contributed by atoms with Gasteiger partial charge < -0.3 is 10.2 Å². The lowest BCUT2D eigenvalue weighted by Gasteiger charge is -2.30. The van der Waals surface area contributed by atoms with Crippen molar-refractivity contribution in [2.45, 2.75) is 43.7 Å². The van der Waals surface area contributed by atoms with Gasteiger partial charge in [-0.2, -0.15) is 4.31 Å². The molecule has 1 aromatic heterocycles. The van der Waals surface area contributed by atoms with E-state index < -0.39 is 10.0 Å². The Morgan fingerprint density at radius 2 is 1.57 bits per heavy atom. The fourth-order valence-corrected chi connectivity index (χ4v) is 7.25. The van der Waals surface area contributed by atoms with E-state index in [2.05, 4.69) is 12.2 Å². The average molecular weight is 518 g/mol. The number of likely N-dealkylation sites (tertiary alicyclic amines) is 1. The topological polar surface area (TPSA) is 104 Å². The van der Waals surface area contributed by atoms with Crippen LogP contribution in [-0.4, -0.2) is 61.4 Å². The summed E-state index contributed by atoms with van der Waals surface area (Å²) in [5.41, 5.74) is 1.60. The van der Waals surface area contributed by atoms with E-state index in [9.17, 15) is 22.8 Å². The number of benzene rings is 1. The van der Waals surface area contributed by atoms with Crippen molar-refractivity contribution in [2.75, 3.05) is 31.5 Å². The number of anilines is 1. The van der Waals surface area contributed by atoms with E-state index in [1.54, 1.807) is 34.5 Å². The molecule has 0 atom stereocenters. The number of nitrogens with zero attached hydrogens (tertiary/aromatic N) is 2. The highest BCUT2D eigenvalue weighted by molar-refractivity contribution is 7.91. The van der Waals surface area contributed by atoms with Gasteiger partial charge in [-0.1, -0.05) is 6.92 Å². The molecule has 3 heterocycles. The third-order valence-electron chi connectivity index (χ3n) is 6.87. The van der Waals surface area contributed by atoms with Gasteiger partial charge in [-0.3, -0.25) is 14.4 Å². The summed E-state index contributed by atoms with van der Waals surface area (Å²) < 4.78 is 27.9. The maximum Gasteiger partial charge on any atom is 0.254 e. The molecule has 2 fully saturated rings. The zero-order valence-electron chi connectivity index (χ0n) is 20.0. The highest BCUT2D eigenvalue weighted by Crippen LogP contribution is 2.29. The van der Waals surface area contributed by atoms with E-state index in [-0.39, 0.29) is 40.8 Å². The van der Waals surface area contributed by atoms with Gasteiger partial charge in [-0.05, 0) is 68.9 Å². The number of thiophene rings is 1. The van der Waals surface area contributed by atoms with Crippen LogP contribution in [0.1, 0.15) is 60.2 Å². The van der Waals surface area contributed by atoms with Gasteiger partial charge in [0.1, 0.15) is 4.21 Å². The van der Waals surface area contributed by atoms with Gasteiger partial charge in [0.05, 0.1) is 5.56 Å². The third kappa shape index (κ3) is 5.82. The van der Waals surface area contributed by atoms with Crippen molar-refractivity contribution in [3.8, 4) is 0 Å². The van der Waals surface area contributed by atoms with Crippen molar-refractivity contribution in [1.82, 2.24) is 9.21 Å². The number of amides is 2. The molecule has 1 N–H and O–H groups in total. The zero-order valence-corrected chi connectivity index (χ0v) is 21.7. The molecule has 10 heteroatoms. The quantitative estimate of drug-likeness (QED) is 0.586. The summed E-state index contributed by atoms with van der Waals surface area (Å²) in [6.45, 7) is 5.56. The number of carbonyl (C=O) groups is 3. The van der Waals surface area contributed by atoms with Gasteiger partial charge in [-0.15, -0.1) is 11.3 Å². The van der Waals surface area contributed by atoms with Crippen LogP contribution in [0.25, 0.3) is 0 Å².